The minimum Gasteiger partial charge on any atom is -0.341 e. The third kappa shape index (κ3) is 3.20. The van der Waals surface area contributed by atoms with Crippen molar-refractivity contribution < 1.29 is 0 Å². The quantitative estimate of drug-likeness (QED) is 0.802. The van der Waals surface area contributed by atoms with Gasteiger partial charge in [0.05, 0.1) is 5.69 Å². The average Bonchev–Trinajstić information content (AvgIpc) is 2.56. The third-order valence-electron chi connectivity index (χ3n) is 3.33. The van der Waals surface area contributed by atoms with E-state index in [0.29, 0.717) is 18.2 Å². The maximum atomic E-state index is 11.9. The zero-order valence-electron chi connectivity index (χ0n) is 12.2. The lowest BCUT2D eigenvalue weighted by molar-refractivity contribution is 0.861. The van der Waals surface area contributed by atoms with Crippen LogP contribution in [0.1, 0.15) is 5.56 Å². The zero-order chi connectivity index (χ0) is 15.4. The molecular weight excluding hydrogens is 276 g/mol. The molecule has 3 rings (SSSR count). The minimum atomic E-state index is -0.170. The smallest absolute Gasteiger partial charge is 0.252 e. The van der Waals surface area contributed by atoms with E-state index in [9.17, 15) is 4.79 Å². The van der Waals surface area contributed by atoms with Crippen molar-refractivity contribution in [2.75, 3.05) is 11.9 Å². The highest BCUT2D eigenvalue weighted by molar-refractivity contribution is 5.59. The molecule has 0 radical (unpaired) electrons. The fourth-order valence-electron chi connectivity index (χ4n) is 2.23. The molecule has 5 heteroatoms. The van der Waals surface area contributed by atoms with Gasteiger partial charge in [-0.2, -0.15) is 0 Å². The van der Waals surface area contributed by atoms with Gasteiger partial charge in [-0.15, -0.1) is 0 Å². The Balaban J connectivity index is 1.91. The molecule has 0 bridgehead atoms. The van der Waals surface area contributed by atoms with Crippen LogP contribution in [0.5, 0.6) is 0 Å². The van der Waals surface area contributed by atoms with Gasteiger partial charge in [-0.05, 0) is 17.7 Å². The summed E-state index contributed by atoms with van der Waals surface area (Å²) in [6.45, 7) is 0.670. The van der Waals surface area contributed by atoms with E-state index >= 15 is 0 Å². The van der Waals surface area contributed by atoms with Crippen LogP contribution in [0.15, 0.2) is 65.7 Å². The number of pyridine rings is 1. The maximum absolute atomic E-state index is 11.9. The molecule has 0 saturated carbocycles. The number of aromatic amines is 1. The van der Waals surface area contributed by atoms with Crippen molar-refractivity contribution in [3.8, 4) is 11.3 Å². The summed E-state index contributed by atoms with van der Waals surface area (Å²) in [6, 6.07) is 15.2. The number of rotatable bonds is 4. The number of H-pyrrole nitrogens is 1. The molecule has 2 heterocycles. The van der Waals surface area contributed by atoms with Crippen LogP contribution in [-0.2, 0) is 6.54 Å². The van der Waals surface area contributed by atoms with Gasteiger partial charge in [-0.3, -0.25) is 14.8 Å². The summed E-state index contributed by atoms with van der Waals surface area (Å²) >= 11 is 0. The summed E-state index contributed by atoms with van der Waals surface area (Å²) in [5.74, 6) is 0.545. The first-order valence-electron chi connectivity index (χ1n) is 6.99. The number of anilines is 1. The molecule has 1 N–H and O–H groups in total. The molecule has 0 aliphatic heterocycles. The monoisotopic (exact) mass is 292 g/mol. The lowest BCUT2D eigenvalue weighted by Crippen LogP contribution is -2.22. The van der Waals surface area contributed by atoms with Crippen LogP contribution in [0.3, 0.4) is 0 Å². The van der Waals surface area contributed by atoms with E-state index in [-0.39, 0.29) is 5.56 Å². The molecular formula is C17H16N4O. The Bertz CT molecular complexity index is 800. The van der Waals surface area contributed by atoms with E-state index < -0.39 is 0 Å². The molecule has 110 valence electrons. The molecule has 3 aromatic rings. The van der Waals surface area contributed by atoms with Crippen molar-refractivity contribution in [3.63, 3.8) is 0 Å². The van der Waals surface area contributed by atoms with E-state index in [4.69, 9.17) is 0 Å². The minimum absolute atomic E-state index is 0.170. The van der Waals surface area contributed by atoms with Crippen molar-refractivity contribution in [3.05, 3.63) is 76.8 Å². The summed E-state index contributed by atoms with van der Waals surface area (Å²) in [7, 11) is 1.90. The molecule has 0 aliphatic carbocycles. The van der Waals surface area contributed by atoms with Gasteiger partial charge in [0, 0.05) is 37.6 Å². The number of aromatic nitrogens is 3. The van der Waals surface area contributed by atoms with Gasteiger partial charge in [0.25, 0.3) is 5.56 Å². The highest BCUT2D eigenvalue weighted by atomic mass is 16.1. The summed E-state index contributed by atoms with van der Waals surface area (Å²) in [6.07, 6.45) is 3.37. The van der Waals surface area contributed by atoms with Crippen LogP contribution < -0.4 is 10.5 Å². The number of nitrogens with one attached hydrogen (secondary N) is 1. The molecule has 0 amide bonds. The Labute approximate surface area is 128 Å². The molecule has 22 heavy (non-hydrogen) atoms. The van der Waals surface area contributed by atoms with Crippen LogP contribution in [0.25, 0.3) is 11.3 Å². The Morgan fingerprint density at radius 1 is 1.09 bits per heavy atom. The summed E-state index contributed by atoms with van der Waals surface area (Å²) in [5, 5.41) is 0. The lowest BCUT2D eigenvalue weighted by atomic mass is 10.2. The number of hydrogen-bond donors (Lipinski definition) is 1. The zero-order valence-corrected chi connectivity index (χ0v) is 12.2. The topological polar surface area (TPSA) is 61.9 Å². The lowest BCUT2D eigenvalue weighted by Gasteiger charge is -2.18. The van der Waals surface area contributed by atoms with Gasteiger partial charge >= 0.3 is 0 Å². The predicted molar refractivity (Wildman–Crippen MR) is 86.6 cm³/mol. The Kier molecular flexibility index (Phi) is 3.96. The molecule has 0 aliphatic rings. The van der Waals surface area contributed by atoms with E-state index in [1.165, 1.54) is 6.07 Å². The fraction of sp³-hybridized carbons (Fsp3) is 0.118. The van der Waals surface area contributed by atoms with Crippen molar-refractivity contribution in [2.24, 2.45) is 0 Å². The van der Waals surface area contributed by atoms with Crippen LogP contribution in [0, 0.1) is 0 Å². The second-order valence-corrected chi connectivity index (χ2v) is 5.03. The first-order valence-corrected chi connectivity index (χ1v) is 6.99. The van der Waals surface area contributed by atoms with Crippen LogP contribution in [0.4, 0.5) is 5.95 Å². The second-order valence-electron chi connectivity index (χ2n) is 5.03. The molecule has 0 fully saturated rings. The molecule has 2 aromatic heterocycles. The summed E-state index contributed by atoms with van der Waals surface area (Å²) in [5.41, 5.74) is 2.50. The Morgan fingerprint density at radius 3 is 2.55 bits per heavy atom. The van der Waals surface area contributed by atoms with Gasteiger partial charge < -0.3 is 4.90 Å². The first-order chi connectivity index (χ1) is 10.7. The van der Waals surface area contributed by atoms with Gasteiger partial charge in [0.1, 0.15) is 0 Å². The van der Waals surface area contributed by atoms with Gasteiger partial charge in [0.15, 0.2) is 0 Å². The fourth-order valence-corrected chi connectivity index (χ4v) is 2.23. The van der Waals surface area contributed by atoms with E-state index in [2.05, 4.69) is 15.0 Å². The molecule has 0 spiro atoms. The normalized spacial score (nSPS) is 10.4. The van der Waals surface area contributed by atoms with Crippen molar-refractivity contribution >= 4 is 5.95 Å². The van der Waals surface area contributed by atoms with Gasteiger partial charge in [0.2, 0.25) is 5.95 Å². The molecule has 1 aromatic carbocycles. The highest BCUT2D eigenvalue weighted by Crippen LogP contribution is 2.16. The SMILES string of the molecule is CN(Cc1ccccc1)c1nc(-c2ccncc2)cc(=O)[nH]1. The number of nitrogens with zero attached hydrogens (tertiary/aromatic N) is 3. The standard InChI is InChI=1S/C17H16N4O/c1-21(12-13-5-3-2-4-6-13)17-19-15(11-16(22)20-17)14-7-9-18-10-8-14/h2-11H,12H2,1H3,(H,19,20,22). The summed E-state index contributed by atoms with van der Waals surface area (Å²) < 4.78 is 0. The largest absolute Gasteiger partial charge is 0.341 e. The van der Waals surface area contributed by atoms with Crippen LogP contribution in [0.2, 0.25) is 0 Å². The third-order valence-corrected chi connectivity index (χ3v) is 3.33. The van der Waals surface area contributed by atoms with E-state index in [1.54, 1.807) is 12.4 Å². The van der Waals surface area contributed by atoms with E-state index in [1.807, 2.05) is 54.4 Å². The van der Waals surface area contributed by atoms with Crippen molar-refractivity contribution in [1.82, 2.24) is 15.0 Å². The Hall–Kier alpha value is -2.95. The first kappa shape index (κ1) is 14.0. The molecule has 0 saturated heterocycles. The molecule has 5 nitrogen and oxygen atoms in total. The van der Waals surface area contributed by atoms with Crippen molar-refractivity contribution in [2.45, 2.75) is 6.54 Å². The highest BCUT2D eigenvalue weighted by Gasteiger charge is 2.08. The summed E-state index contributed by atoms with van der Waals surface area (Å²) in [4.78, 5) is 25.1. The average molecular weight is 292 g/mol. The van der Waals surface area contributed by atoms with Crippen LogP contribution >= 0.6 is 0 Å². The maximum Gasteiger partial charge on any atom is 0.252 e. The number of hydrogen-bond acceptors (Lipinski definition) is 4. The Morgan fingerprint density at radius 2 is 1.82 bits per heavy atom. The van der Waals surface area contributed by atoms with Gasteiger partial charge in [-0.1, -0.05) is 30.3 Å². The molecule has 0 atom stereocenters. The second kappa shape index (κ2) is 6.22. The van der Waals surface area contributed by atoms with E-state index in [0.717, 1.165) is 11.1 Å². The predicted octanol–water partition coefficient (Wildman–Crippen LogP) is 2.47. The molecule has 0 unspecified atom stereocenters. The van der Waals surface area contributed by atoms with Crippen LogP contribution in [-0.4, -0.2) is 22.0 Å². The van der Waals surface area contributed by atoms with Crippen molar-refractivity contribution in [1.29, 1.82) is 0 Å². The van der Waals surface area contributed by atoms with Gasteiger partial charge in [-0.25, -0.2) is 4.98 Å². The number of benzene rings is 1.